The minimum Gasteiger partial charge on any atom is -0.325 e. The highest BCUT2D eigenvalue weighted by molar-refractivity contribution is 6.29. The van der Waals surface area contributed by atoms with Gasteiger partial charge in [-0.3, -0.25) is 0 Å². The fourth-order valence-corrected chi connectivity index (χ4v) is 1.65. The Bertz CT molecular complexity index is 310. The van der Waals surface area contributed by atoms with Gasteiger partial charge < -0.3 is 5.73 Å². The highest BCUT2D eigenvalue weighted by Crippen LogP contribution is 2.34. The van der Waals surface area contributed by atoms with Gasteiger partial charge in [-0.05, 0) is 18.9 Å². The van der Waals surface area contributed by atoms with Crippen molar-refractivity contribution in [1.82, 2.24) is 9.97 Å². The Kier molecular flexibility index (Phi) is 2.47. The van der Waals surface area contributed by atoms with Crippen LogP contribution in [0.4, 0.5) is 0 Å². The average Bonchev–Trinajstić information content (AvgIpc) is 2.00. The van der Waals surface area contributed by atoms with Crippen LogP contribution in [0.25, 0.3) is 0 Å². The Hall–Kier alpha value is -0.670. The quantitative estimate of drug-likeness (QED) is 0.737. The number of hydrogen-bond donors (Lipinski definition) is 1. The highest BCUT2D eigenvalue weighted by Gasteiger charge is 2.22. The van der Waals surface area contributed by atoms with Crippen LogP contribution in [0.1, 0.15) is 36.7 Å². The van der Waals surface area contributed by atoms with Gasteiger partial charge in [0.2, 0.25) is 0 Å². The van der Waals surface area contributed by atoms with Crippen LogP contribution < -0.4 is 5.73 Å². The third-order valence-electron chi connectivity index (χ3n) is 2.44. The highest BCUT2D eigenvalue weighted by atomic mass is 35.5. The van der Waals surface area contributed by atoms with Gasteiger partial charge in [0.05, 0.1) is 5.69 Å². The molecule has 0 saturated heterocycles. The molecule has 3 nitrogen and oxygen atoms in total. The molecule has 1 saturated carbocycles. The number of nitrogens with two attached hydrogens (primary N) is 1. The van der Waals surface area contributed by atoms with Crippen molar-refractivity contribution in [3.8, 4) is 0 Å². The van der Waals surface area contributed by atoms with Gasteiger partial charge in [0, 0.05) is 12.5 Å². The van der Waals surface area contributed by atoms with Crippen molar-refractivity contribution in [1.29, 1.82) is 0 Å². The zero-order chi connectivity index (χ0) is 9.26. The maximum absolute atomic E-state index is 5.85. The Morgan fingerprint density at radius 3 is 2.77 bits per heavy atom. The molecule has 2 rings (SSSR count). The van der Waals surface area contributed by atoms with E-state index in [0.29, 0.717) is 17.6 Å². The number of halogens is 1. The Morgan fingerprint density at radius 2 is 2.23 bits per heavy atom. The van der Waals surface area contributed by atoms with Crippen molar-refractivity contribution in [3.05, 3.63) is 22.7 Å². The first-order chi connectivity index (χ1) is 6.29. The van der Waals surface area contributed by atoms with Gasteiger partial charge in [-0.25, -0.2) is 9.97 Å². The molecule has 1 aromatic rings. The van der Waals surface area contributed by atoms with E-state index >= 15 is 0 Å². The van der Waals surface area contributed by atoms with Crippen LogP contribution in [-0.4, -0.2) is 9.97 Å². The maximum atomic E-state index is 5.85. The van der Waals surface area contributed by atoms with Crippen molar-refractivity contribution in [3.63, 3.8) is 0 Å². The first-order valence-corrected chi connectivity index (χ1v) is 4.91. The summed E-state index contributed by atoms with van der Waals surface area (Å²) in [5, 5.41) is 0.511. The summed E-state index contributed by atoms with van der Waals surface area (Å²) in [6, 6.07) is 1.73. The molecule has 1 aliphatic carbocycles. The number of hydrogen-bond acceptors (Lipinski definition) is 3. The predicted octanol–water partition coefficient (Wildman–Crippen LogP) is 1.86. The van der Waals surface area contributed by atoms with E-state index in [1.54, 1.807) is 6.07 Å². The molecule has 0 bridgehead atoms. The lowest BCUT2D eigenvalue weighted by Gasteiger charge is -2.23. The minimum atomic E-state index is 0.432. The Balaban J connectivity index is 2.28. The third kappa shape index (κ3) is 1.81. The van der Waals surface area contributed by atoms with Crippen LogP contribution in [0, 0.1) is 0 Å². The van der Waals surface area contributed by atoms with Crippen molar-refractivity contribution < 1.29 is 0 Å². The van der Waals surface area contributed by atoms with Crippen LogP contribution in [0.3, 0.4) is 0 Å². The first-order valence-electron chi connectivity index (χ1n) is 4.53. The average molecular weight is 198 g/mol. The van der Waals surface area contributed by atoms with E-state index in [1.165, 1.54) is 19.3 Å². The molecule has 0 aliphatic heterocycles. The minimum absolute atomic E-state index is 0.432. The van der Waals surface area contributed by atoms with Crippen LogP contribution in [0.5, 0.6) is 0 Å². The monoisotopic (exact) mass is 197 g/mol. The second-order valence-corrected chi connectivity index (χ2v) is 3.76. The summed E-state index contributed by atoms with van der Waals surface area (Å²) in [4.78, 5) is 8.56. The van der Waals surface area contributed by atoms with Crippen LogP contribution in [-0.2, 0) is 6.54 Å². The summed E-state index contributed by atoms with van der Waals surface area (Å²) < 4.78 is 0. The summed E-state index contributed by atoms with van der Waals surface area (Å²) in [5.74, 6) is 1.39. The molecule has 0 spiro atoms. The van der Waals surface area contributed by atoms with Gasteiger partial charge in [0.15, 0.2) is 0 Å². The second-order valence-electron chi connectivity index (χ2n) is 3.37. The normalized spacial score (nSPS) is 17.1. The molecule has 2 N–H and O–H groups in total. The van der Waals surface area contributed by atoms with Crippen molar-refractivity contribution in [2.75, 3.05) is 0 Å². The standard InChI is InChI=1S/C9H12ClN3/c10-8-4-7(5-11)12-9(13-8)6-2-1-3-6/h4,6H,1-3,5,11H2. The number of nitrogens with zero attached hydrogens (tertiary/aromatic N) is 2. The smallest absolute Gasteiger partial charge is 0.133 e. The number of aromatic nitrogens is 2. The van der Waals surface area contributed by atoms with Gasteiger partial charge >= 0.3 is 0 Å². The van der Waals surface area contributed by atoms with E-state index in [-0.39, 0.29) is 0 Å². The molecule has 0 unspecified atom stereocenters. The maximum Gasteiger partial charge on any atom is 0.133 e. The Morgan fingerprint density at radius 1 is 1.46 bits per heavy atom. The molecule has 0 aromatic carbocycles. The molecule has 70 valence electrons. The van der Waals surface area contributed by atoms with Crippen LogP contribution >= 0.6 is 11.6 Å². The first kappa shape index (κ1) is 8.91. The van der Waals surface area contributed by atoms with E-state index in [0.717, 1.165) is 11.5 Å². The molecule has 0 radical (unpaired) electrons. The van der Waals surface area contributed by atoms with Crippen molar-refractivity contribution >= 4 is 11.6 Å². The number of rotatable bonds is 2. The fraction of sp³-hybridized carbons (Fsp3) is 0.556. The summed E-state index contributed by atoms with van der Waals surface area (Å²) in [6.07, 6.45) is 3.65. The van der Waals surface area contributed by atoms with E-state index in [4.69, 9.17) is 17.3 Å². The van der Waals surface area contributed by atoms with E-state index in [9.17, 15) is 0 Å². The van der Waals surface area contributed by atoms with Crippen LogP contribution in [0.15, 0.2) is 6.07 Å². The van der Waals surface area contributed by atoms with Gasteiger partial charge in [0.25, 0.3) is 0 Å². The Labute approximate surface area is 82.3 Å². The fourth-order valence-electron chi connectivity index (χ4n) is 1.44. The SMILES string of the molecule is NCc1cc(Cl)nc(C2CCC2)n1. The molecule has 0 amide bonds. The summed E-state index contributed by atoms with van der Waals surface area (Å²) >= 11 is 5.85. The van der Waals surface area contributed by atoms with E-state index in [2.05, 4.69) is 9.97 Å². The molecular formula is C9H12ClN3. The third-order valence-corrected chi connectivity index (χ3v) is 2.64. The van der Waals surface area contributed by atoms with Gasteiger partial charge in [-0.15, -0.1) is 0 Å². The molecule has 1 heterocycles. The van der Waals surface area contributed by atoms with Gasteiger partial charge in [0.1, 0.15) is 11.0 Å². The molecule has 13 heavy (non-hydrogen) atoms. The lowest BCUT2D eigenvalue weighted by atomic mass is 9.85. The summed E-state index contributed by atoms with van der Waals surface area (Å²) in [5.41, 5.74) is 6.33. The van der Waals surface area contributed by atoms with Gasteiger partial charge in [-0.2, -0.15) is 0 Å². The second kappa shape index (κ2) is 3.60. The lowest BCUT2D eigenvalue weighted by Crippen LogP contribution is -2.14. The van der Waals surface area contributed by atoms with Crippen molar-refractivity contribution in [2.45, 2.75) is 31.7 Å². The predicted molar refractivity (Wildman–Crippen MR) is 51.5 cm³/mol. The van der Waals surface area contributed by atoms with Gasteiger partial charge in [-0.1, -0.05) is 18.0 Å². The van der Waals surface area contributed by atoms with Crippen molar-refractivity contribution in [2.24, 2.45) is 5.73 Å². The summed E-state index contributed by atoms with van der Waals surface area (Å²) in [6.45, 7) is 0.432. The molecule has 4 heteroatoms. The van der Waals surface area contributed by atoms with E-state index in [1.807, 2.05) is 0 Å². The van der Waals surface area contributed by atoms with E-state index < -0.39 is 0 Å². The molecule has 0 atom stereocenters. The lowest BCUT2D eigenvalue weighted by molar-refractivity contribution is 0.400. The largest absolute Gasteiger partial charge is 0.325 e. The molecular weight excluding hydrogens is 186 g/mol. The molecule has 1 aliphatic rings. The van der Waals surface area contributed by atoms with Crippen LogP contribution in [0.2, 0.25) is 5.15 Å². The topological polar surface area (TPSA) is 51.8 Å². The molecule has 1 aromatic heterocycles. The zero-order valence-corrected chi connectivity index (χ0v) is 8.09. The summed E-state index contributed by atoms with van der Waals surface area (Å²) in [7, 11) is 0. The zero-order valence-electron chi connectivity index (χ0n) is 7.33. The molecule has 1 fully saturated rings.